The molecule has 0 N–H and O–H groups in total. The molecule has 0 saturated carbocycles. The standard InChI is InChI=1S/C21H25F2NO3S/c1-16-9-11-18(12-10-16)28(25,26)24-14-6-5-13-21(24,20(22)23)19-8-4-3-7-17(19)15-27-2/h3-4,7-12,20H,5-6,13-15H2,1-2H3. The molecule has 1 aliphatic rings. The molecule has 4 nitrogen and oxygen atoms in total. The molecule has 3 rings (SSSR count). The second-order valence-electron chi connectivity index (χ2n) is 7.16. The minimum absolute atomic E-state index is 0.0363. The van der Waals surface area contributed by atoms with Gasteiger partial charge in [-0.25, -0.2) is 17.2 Å². The summed E-state index contributed by atoms with van der Waals surface area (Å²) < 4.78 is 62.4. The third-order valence-electron chi connectivity index (χ3n) is 5.37. The van der Waals surface area contributed by atoms with Gasteiger partial charge in [0.1, 0.15) is 5.54 Å². The highest BCUT2D eigenvalue weighted by Gasteiger charge is 2.54. The summed E-state index contributed by atoms with van der Waals surface area (Å²) >= 11 is 0. The molecule has 1 aliphatic heterocycles. The maximum absolute atomic E-state index is 14.7. The summed E-state index contributed by atoms with van der Waals surface area (Å²) in [7, 11) is -2.61. The molecule has 0 bridgehead atoms. The number of hydrogen-bond acceptors (Lipinski definition) is 3. The molecule has 1 fully saturated rings. The third-order valence-corrected chi connectivity index (χ3v) is 7.32. The summed E-state index contributed by atoms with van der Waals surface area (Å²) in [6.07, 6.45) is -1.72. The van der Waals surface area contributed by atoms with Gasteiger partial charge in [-0.2, -0.15) is 4.31 Å². The molecule has 28 heavy (non-hydrogen) atoms. The van der Waals surface area contributed by atoms with Crippen molar-refractivity contribution in [1.82, 2.24) is 4.31 Å². The van der Waals surface area contributed by atoms with E-state index in [1.807, 2.05) is 6.92 Å². The third kappa shape index (κ3) is 3.58. The number of nitrogens with zero attached hydrogens (tertiary/aromatic N) is 1. The molecule has 0 amide bonds. The van der Waals surface area contributed by atoms with Gasteiger partial charge < -0.3 is 4.74 Å². The number of benzene rings is 2. The van der Waals surface area contributed by atoms with Crippen LogP contribution in [0.15, 0.2) is 53.4 Å². The normalized spacial score (nSPS) is 21.2. The quantitative estimate of drug-likeness (QED) is 0.707. The number of rotatable bonds is 6. The fourth-order valence-electron chi connectivity index (χ4n) is 3.97. The number of aryl methyl sites for hydroxylation is 1. The smallest absolute Gasteiger partial charge is 0.261 e. The average Bonchev–Trinajstić information content (AvgIpc) is 2.69. The van der Waals surface area contributed by atoms with Crippen LogP contribution in [0.3, 0.4) is 0 Å². The van der Waals surface area contributed by atoms with E-state index < -0.39 is 22.0 Å². The Bertz CT molecular complexity index is 916. The number of hydrogen-bond donors (Lipinski definition) is 0. The summed E-state index contributed by atoms with van der Waals surface area (Å²) in [5.41, 5.74) is -0.0985. The summed E-state index contributed by atoms with van der Waals surface area (Å²) in [6, 6.07) is 13.1. The highest BCUT2D eigenvalue weighted by molar-refractivity contribution is 7.89. The van der Waals surface area contributed by atoms with E-state index in [4.69, 9.17) is 4.74 Å². The number of sulfonamides is 1. The molecule has 1 unspecified atom stereocenters. The Balaban J connectivity index is 2.20. The van der Waals surface area contributed by atoms with Gasteiger partial charge in [-0.3, -0.25) is 0 Å². The molecule has 0 aromatic heterocycles. The molecule has 0 radical (unpaired) electrons. The van der Waals surface area contributed by atoms with Crippen LogP contribution in [-0.2, 0) is 26.9 Å². The number of ether oxygens (including phenoxy) is 1. The number of piperidine rings is 1. The Morgan fingerprint density at radius 1 is 1.11 bits per heavy atom. The first-order valence-electron chi connectivity index (χ1n) is 9.29. The van der Waals surface area contributed by atoms with Crippen LogP contribution in [0, 0.1) is 6.92 Å². The minimum atomic E-state index is -4.10. The molecule has 1 heterocycles. The van der Waals surface area contributed by atoms with Gasteiger partial charge in [0.15, 0.2) is 0 Å². The van der Waals surface area contributed by atoms with E-state index in [9.17, 15) is 17.2 Å². The molecule has 2 aromatic carbocycles. The monoisotopic (exact) mass is 409 g/mol. The van der Waals surface area contributed by atoms with Gasteiger partial charge in [0, 0.05) is 13.7 Å². The number of alkyl halides is 2. The molecular weight excluding hydrogens is 384 g/mol. The van der Waals surface area contributed by atoms with E-state index in [-0.39, 0.29) is 24.5 Å². The van der Waals surface area contributed by atoms with Crippen LogP contribution >= 0.6 is 0 Å². The van der Waals surface area contributed by atoms with Crippen LogP contribution in [-0.4, -0.2) is 32.8 Å². The molecule has 2 aromatic rings. The van der Waals surface area contributed by atoms with Gasteiger partial charge in [0.25, 0.3) is 6.43 Å². The molecule has 0 spiro atoms. The number of halogens is 2. The van der Waals surface area contributed by atoms with Crippen molar-refractivity contribution in [3.05, 3.63) is 65.2 Å². The van der Waals surface area contributed by atoms with Crippen molar-refractivity contribution in [3.63, 3.8) is 0 Å². The molecule has 1 atom stereocenters. The summed E-state index contributed by atoms with van der Waals surface area (Å²) in [5, 5.41) is 0. The van der Waals surface area contributed by atoms with Crippen molar-refractivity contribution >= 4 is 10.0 Å². The Morgan fingerprint density at radius 3 is 2.43 bits per heavy atom. The van der Waals surface area contributed by atoms with E-state index >= 15 is 0 Å². The zero-order valence-electron chi connectivity index (χ0n) is 16.1. The van der Waals surface area contributed by atoms with E-state index in [1.54, 1.807) is 36.4 Å². The van der Waals surface area contributed by atoms with E-state index in [1.165, 1.54) is 19.2 Å². The van der Waals surface area contributed by atoms with Crippen LogP contribution in [0.2, 0.25) is 0 Å². The second kappa shape index (κ2) is 8.27. The Morgan fingerprint density at radius 2 is 1.79 bits per heavy atom. The highest BCUT2D eigenvalue weighted by atomic mass is 32.2. The fraction of sp³-hybridized carbons (Fsp3) is 0.429. The zero-order valence-corrected chi connectivity index (χ0v) is 16.9. The van der Waals surface area contributed by atoms with Crippen LogP contribution in [0.25, 0.3) is 0 Å². The van der Waals surface area contributed by atoms with Gasteiger partial charge in [-0.05, 0) is 49.4 Å². The van der Waals surface area contributed by atoms with Crippen LogP contribution in [0.4, 0.5) is 8.78 Å². The lowest BCUT2D eigenvalue weighted by atomic mass is 9.80. The van der Waals surface area contributed by atoms with Crippen molar-refractivity contribution in [2.45, 2.75) is 49.7 Å². The first-order valence-corrected chi connectivity index (χ1v) is 10.7. The van der Waals surface area contributed by atoms with Crippen LogP contribution in [0.1, 0.15) is 36.0 Å². The zero-order chi connectivity index (χ0) is 20.4. The molecule has 1 saturated heterocycles. The summed E-state index contributed by atoms with van der Waals surface area (Å²) in [6.45, 7) is 2.05. The SMILES string of the molecule is COCc1ccccc1C1(C(F)F)CCCCN1S(=O)(=O)c1ccc(C)cc1. The van der Waals surface area contributed by atoms with Crippen molar-refractivity contribution in [2.75, 3.05) is 13.7 Å². The van der Waals surface area contributed by atoms with Gasteiger partial charge in [-0.15, -0.1) is 0 Å². The Labute approximate surface area is 165 Å². The van der Waals surface area contributed by atoms with Crippen LogP contribution in [0.5, 0.6) is 0 Å². The predicted molar refractivity (Wildman–Crippen MR) is 104 cm³/mol. The Hall–Kier alpha value is -1.83. The van der Waals surface area contributed by atoms with Crippen molar-refractivity contribution in [3.8, 4) is 0 Å². The molecule has 0 aliphatic carbocycles. The largest absolute Gasteiger partial charge is 0.380 e. The summed E-state index contributed by atoms with van der Waals surface area (Å²) in [4.78, 5) is 0.0363. The Kier molecular flexibility index (Phi) is 6.17. The van der Waals surface area contributed by atoms with Crippen molar-refractivity contribution in [2.24, 2.45) is 0 Å². The van der Waals surface area contributed by atoms with Gasteiger partial charge in [0.05, 0.1) is 11.5 Å². The van der Waals surface area contributed by atoms with E-state index in [0.717, 1.165) is 9.87 Å². The van der Waals surface area contributed by atoms with Crippen molar-refractivity contribution < 1.29 is 21.9 Å². The van der Waals surface area contributed by atoms with Gasteiger partial charge >= 0.3 is 0 Å². The van der Waals surface area contributed by atoms with Gasteiger partial charge in [-0.1, -0.05) is 42.0 Å². The second-order valence-corrected chi connectivity index (χ2v) is 9.02. The van der Waals surface area contributed by atoms with E-state index in [2.05, 4.69) is 0 Å². The van der Waals surface area contributed by atoms with Crippen LogP contribution < -0.4 is 0 Å². The molecular formula is C21H25F2NO3S. The molecule has 7 heteroatoms. The maximum Gasteiger partial charge on any atom is 0.261 e. The summed E-state index contributed by atoms with van der Waals surface area (Å²) in [5.74, 6) is 0. The lowest BCUT2D eigenvalue weighted by Gasteiger charge is -2.46. The predicted octanol–water partition coefficient (Wildman–Crippen LogP) is 4.48. The van der Waals surface area contributed by atoms with E-state index in [0.29, 0.717) is 24.0 Å². The average molecular weight is 409 g/mol. The lowest BCUT2D eigenvalue weighted by molar-refractivity contribution is -0.0415. The van der Waals surface area contributed by atoms with Crippen molar-refractivity contribution in [1.29, 1.82) is 0 Å². The fourth-order valence-corrected chi connectivity index (χ4v) is 5.78. The topological polar surface area (TPSA) is 46.6 Å². The first-order chi connectivity index (χ1) is 13.3. The first kappa shape index (κ1) is 20.9. The number of methoxy groups -OCH3 is 1. The highest BCUT2D eigenvalue weighted by Crippen LogP contribution is 2.46. The minimum Gasteiger partial charge on any atom is -0.380 e. The molecule has 152 valence electrons. The van der Waals surface area contributed by atoms with Gasteiger partial charge in [0.2, 0.25) is 10.0 Å². The maximum atomic E-state index is 14.7. The lowest BCUT2D eigenvalue weighted by Crippen LogP contribution is -2.56.